The van der Waals surface area contributed by atoms with Gasteiger partial charge in [-0.15, -0.1) is 5.10 Å². The largest absolute Gasteiger partial charge is 0.508 e. The van der Waals surface area contributed by atoms with E-state index in [1.807, 2.05) is 18.3 Å². The molecule has 0 saturated heterocycles. The lowest BCUT2D eigenvalue weighted by atomic mass is 9.87. The molecule has 0 fully saturated rings. The molecule has 0 radical (unpaired) electrons. The van der Waals surface area contributed by atoms with E-state index < -0.39 is 0 Å². The Bertz CT molecular complexity index is 972. The maximum Gasteiger partial charge on any atom is 0.174 e. The first kappa shape index (κ1) is 17.3. The van der Waals surface area contributed by atoms with Crippen molar-refractivity contribution in [1.29, 1.82) is 0 Å². The third kappa shape index (κ3) is 3.45. The maximum atomic E-state index is 9.90. The highest BCUT2D eigenvalue weighted by Gasteiger charge is 2.22. The number of hydrogen-bond acceptors (Lipinski definition) is 4. The molecule has 1 atom stereocenters. The Balaban J connectivity index is 1.80. The fourth-order valence-corrected chi connectivity index (χ4v) is 3.22. The summed E-state index contributed by atoms with van der Waals surface area (Å²) < 4.78 is 1.81. The monoisotopic (exact) mass is 360 g/mol. The highest BCUT2D eigenvalue weighted by molar-refractivity contribution is 5.59. The Morgan fingerprint density at radius 1 is 1.11 bits per heavy atom. The molecular weight excluding hydrogens is 336 g/mol. The lowest BCUT2D eigenvalue weighted by Gasteiger charge is -2.19. The average Bonchev–Trinajstić information content (AvgIpc) is 3.31. The first-order valence-corrected chi connectivity index (χ1v) is 9.20. The topological polar surface area (TPSA) is 63.0 Å². The lowest BCUT2D eigenvalue weighted by molar-refractivity contribution is 0.475. The van der Waals surface area contributed by atoms with Gasteiger partial charge in [-0.1, -0.05) is 57.2 Å². The Kier molecular flexibility index (Phi) is 4.22. The van der Waals surface area contributed by atoms with Gasteiger partial charge in [0.25, 0.3) is 0 Å². The lowest BCUT2D eigenvalue weighted by Crippen LogP contribution is -2.11. The molecule has 1 unspecified atom stereocenters. The summed E-state index contributed by atoms with van der Waals surface area (Å²) >= 11 is 0. The Labute approximate surface area is 159 Å². The zero-order valence-electron chi connectivity index (χ0n) is 15.8. The Morgan fingerprint density at radius 2 is 1.89 bits per heavy atom. The van der Waals surface area contributed by atoms with E-state index >= 15 is 0 Å². The standard InChI is InChI=1S/C22H24N4O/c1-22(2,3)16-11-9-15(10-12-16)21-24-20(19-8-5-13-23-19)25-26(21)17-6-4-7-18(27)14-17/h4-7,9-14,19,23,27H,8H2,1-3H3. The van der Waals surface area contributed by atoms with E-state index in [-0.39, 0.29) is 17.2 Å². The van der Waals surface area contributed by atoms with Crippen LogP contribution in [0.5, 0.6) is 5.75 Å². The minimum atomic E-state index is 0.0798. The summed E-state index contributed by atoms with van der Waals surface area (Å²) in [7, 11) is 0. The van der Waals surface area contributed by atoms with Crippen molar-refractivity contribution < 1.29 is 5.11 Å². The first-order valence-electron chi connectivity index (χ1n) is 9.20. The first-order chi connectivity index (χ1) is 12.9. The van der Waals surface area contributed by atoms with Gasteiger partial charge < -0.3 is 10.4 Å². The van der Waals surface area contributed by atoms with Crippen molar-refractivity contribution >= 4 is 0 Å². The van der Waals surface area contributed by atoms with Crippen LogP contribution in [0.4, 0.5) is 0 Å². The van der Waals surface area contributed by atoms with Crippen molar-refractivity contribution in [3.8, 4) is 22.8 Å². The molecule has 2 heterocycles. The van der Waals surface area contributed by atoms with Crippen LogP contribution >= 0.6 is 0 Å². The molecule has 3 aromatic rings. The molecule has 0 amide bonds. The van der Waals surface area contributed by atoms with Crippen molar-refractivity contribution in [1.82, 2.24) is 20.1 Å². The summed E-state index contributed by atoms with van der Waals surface area (Å²) in [4.78, 5) is 4.83. The molecule has 2 aromatic carbocycles. The van der Waals surface area contributed by atoms with Gasteiger partial charge in [0.2, 0.25) is 0 Å². The molecule has 5 nitrogen and oxygen atoms in total. The number of aromatic hydroxyl groups is 1. The van der Waals surface area contributed by atoms with Crippen LogP contribution in [-0.4, -0.2) is 19.9 Å². The molecule has 0 saturated carbocycles. The molecule has 138 valence electrons. The minimum absolute atomic E-state index is 0.0798. The molecule has 1 aliphatic heterocycles. The van der Waals surface area contributed by atoms with Gasteiger partial charge in [-0.3, -0.25) is 0 Å². The number of nitrogens with one attached hydrogen (secondary N) is 1. The van der Waals surface area contributed by atoms with Crippen LogP contribution in [0.1, 0.15) is 44.6 Å². The fraction of sp³-hybridized carbons (Fsp3) is 0.273. The van der Waals surface area contributed by atoms with E-state index in [0.717, 1.165) is 29.3 Å². The molecule has 0 aliphatic carbocycles. The van der Waals surface area contributed by atoms with E-state index in [1.165, 1.54) is 5.56 Å². The van der Waals surface area contributed by atoms with Crippen molar-refractivity contribution in [2.24, 2.45) is 0 Å². The fourth-order valence-electron chi connectivity index (χ4n) is 3.22. The van der Waals surface area contributed by atoms with Crippen molar-refractivity contribution in [2.75, 3.05) is 0 Å². The average molecular weight is 360 g/mol. The second-order valence-electron chi connectivity index (χ2n) is 7.91. The van der Waals surface area contributed by atoms with Crippen LogP contribution in [0.25, 0.3) is 17.1 Å². The third-order valence-corrected chi connectivity index (χ3v) is 4.81. The molecule has 1 aromatic heterocycles. The van der Waals surface area contributed by atoms with Crippen molar-refractivity contribution in [3.05, 3.63) is 72.2 Å². The van der Waals surface area contributed by atoms with Gasteiger partial charge in [0.15, 0.2) is 11.6 Å². The summed E-state index contributed by atoms with van der Waals surface area (Å²) in [6.45, 7) is 6.61. The molecule has 27 heavy (non-hydrogen) atoms. The number of phenolic OH excluding ortho intramolecular Hbond substituents is 1. The van der Waals surface area contributed by atoms with Gasteiger partial charge in [0.05, 0.1) is 11.7 Å². The zero-order valence-corrected chi connectivity index (χ0v) is 15.8. The molecule has 4 rings (SSSR count). The predicted molar refractivity (Wildman–Crippen MR) is 107 cm³/mol. The molecular formula is C22H24N4O. The number of nitrogens with zero attached hydrogens (tertiary/aromatic N) is 3. The van der Waals surface area contributed by atoms with Crippen LogP contribution in [0, 0.1) is 0 Å². The molecule has 1 aliphatic rings. The van der Waals surface area contributed by atoms with E-state index in [9.17, 15) is 5.11 Å². The van der Waals surface area contributed by atoms with Gasteiger partial charge in [-0.05, 0) is 35.7 Å². The van der Waals surface area contributed by atoms with Crippen LogP contribution < -0.4 is 5.32 Å². The summed E-state index contributed by atoms with van der Waals surface area (Å²) in [6.07, 6.45) is 4.89. The summed E-state index contributed by atoms with van der Waals surface area (Å²) in [6, 6.07) is 15.6. The van der Waals surface area contributed by atoms with Crippen LogP contribution in [0.15, 0.2) is 60.8 Å². The summed E-state index contributed by atoms with van der Waals surface area (Å²) in [5.74, 6) is 1.72. The van der Waals surface area contributed by atoms with Crippen LogP contribution in [0.2, 0.25) is 0 Å². The van der Waals surface area contributed by atoms with Crippen molar-refractivity contribution in [2.45, 2.75) is 38.6 Å². The van der Waals surface area contributed by atoms with E-state index in [0.29, 0.717) is 0 Å². The highest BCUT2D eigenvalue weighted by atomic mass is 16.3. The van der Waals surface area contributed by atoms with Crippen molar-refractivity contribution in [3.63, 3.8) is 0 Å². The number of phenols is 1. The molecule has 0 spiro atoms. The Hall–Kier alpha value is -3.08. The second kappa shape index (κ2) is 6.58. The predicted octanol–water partition coefficient (Wildman–Crippen LogP) is 4.49. The van der Waals surface area contributed by atoms with Gasteiger partial charge in [-0.2, -0.15) is 0 Å². The zero-order chi connectivity index (χ0) is 19.0. The SMILES string of the molecule is CC(C)(C)c1ccc(-c2nc(C3CC=CN3)nn2-c2cccc(O)c2)cc1. The van der Waals surface area contributed by atoms with E-state index in [1.54, 1.807) is 16.8 Å². The summed E-state index contributed by atoms with van der Waals surface area (Å²) in [5, 5.41) is 17.9. The minimum Gasteiger partial charge on any atom is -0.508 e. The molecule has 0 bridgehead atoms. The maximum absolute atomic E-state index is 9.90. The van der Waals surface area contributed by atoms with Gasteiger partial charge in [-0.25, -0.2) is 9.67 Å². The third-order valence-electron chi connectivity index (χ3n) is 4.81. The van der Waals surface area contributed by atoms with Crippen LogP contribution in [-0.2, 0) is 5.41 Å². The van der Waals surface area contributed by atoms with Gasteiger partial charge in [0.1, 0.15) is 5.75 Å². The van der Waals surface area contributed by atoms with E-state index in [2.05, 4.69) is 56.4 Å². The summed E-state index contributed by atoms with van der Waals surface area (Å²) in [5.41, 5.74) is 3.16. The molecule has 2 N–H and O–H groups in total. The normalized spacial score (nSPS) is 16.5. The quantitative estimate of drug-likeness (QED) is 0.723. The highest BCUT2D eigenvalue weighted by Crippen LogP contribution is 2.29. The van der Waals surface area contributed by atoms with Crippen LogP contribution in [0.3, 0.4) is 0 Å². The number of aromatic nitrogens is 3. The number of hydrogen-bond donors (Lipinski definition) is 2. The Morgan fingerprint density at radius 3 is 2.52 bits per heavy atom. The van der Waals surface area contributed by atoms with E-state index in [4.69, 9.17) is 10.1 Å². The van der Waals surface area contributed by atoms with Gasteiger partial charge in [0, 0.05) is 11.6 Å². The smallest absolute Gasteiger partial charge is 0.174 e. The van der Waals surface area contributed by atoms with Gasteiger partial charge >= 0.3 is 0 Å². The second-order valence-corrected chi connectivity index (χ2v) is 7.91. The molecule has 5 heteroatoms. The number of rotatable bonds is 3. The number of benzene rings is 2.